The summed E-state index contributed by atoms with van der Waals surface area (Å²) in [5.41, 5.74) is 1.93. The minimum absolute atomic E-state index is 0.0200. The molecule has 0 N–H and O–H groups in total. The number of amides is 1. The lowest BCUT2D eigenvalue weighted by Gasteiger charge is -2.25. The van der Waals surface area contributed by atoms with E-state index in [4.69, 9.17) is 0 Å². The van der Waals surface area contributed by atoms with Crippen LogP contribution in [-0.4, -0.2) is 38.4 Å². The van der Waals surface area contributed by atoms with Gasteiger partial charge >= 0.3 is 0 Å². The number of hydrogen-bond acceptors (Lipinski definition) is 5. The molecule has 0 spiro atoms. The Bertz CT molecular complexity index is 858. The van der Waals surface area contributed by atoms with E-state index in [1.807, 2.05) is 42.6 Å². The average Bonchev–Trinajstić information content (AvgIpc) is 3.38. The zero-order valence-electron chi connectivity index (χ0n) is 14.7. The van der Waals surface area contributed by atoms with Crippen LogP contribution in [0.2, 0.25) is 0 Å². The Balaban J connectivity index is 1.58. The van der Waals surface area contributed by atoms with Gasteiger partial charge in [0.1, 0.15) is 12.7 Å². The highest BCUT2D eigenvalue weighted by molar-refractivity contribution is 7.12. The van der Waals surface area contributed by atoms with Gasteiger partial charge in [-0.15, -0.1) is 11.3 Å². The van der Waals surface area contributed by atoms with Crippen LogP contribution in [0.1, 0.15) is 41.0 Å². The van der Waals surface area contributed by atoms with Gasteiger partial charge in [0.25, 0.3) is 0 Å². The summed E-state index contributed by atoms with van der Waals surface area (Å²) in [5.74, 6) is -0.0191. The Morgan fingerprint density at radius 3 is 2.58 bits per heavy atom. The van der Waals surface area contributed by atoms with Crippen molar-refractivity contribution in [2.45, 2.75) is 25.8 Å². The van der Waals surface area contributed by atoms with E-state index < -0.39 is 0 Å². The van der Waals surface area contributed by atoms with E-state index in [0.717, 1.165) is 11.3 Å². The minimum atomic E-state index is -0.0795. The van der Waals surface area contributed by atoms with Gasteiger partial charge in [0, 0.05) is 19.9 Å². The second-order valence-corrected chi connectivity index (χ2v) is 6.96. The van der Waals surface area contributed by atoms with Crippen LogP contribution in [0.15, 0.2) is 54.4 Å². The van der Waals surface area contributed by atoms with Crippen LogP contribution < -0.4 is 0 Å². The number of benzene rings is 1. The third-order valence-corrected chi connectivity index (χ3v) is 5.31. The highest BCUT2D eigenvalue weighted by Gasteiger charge is 2.19. The van der Waals surface area contributed by atoms with Crippen LogP contribution in [0, 0.1) is 0 Å². The molecular formula is C19H20N4O2S. The molecule has 3 rings (SSSR count). The molecule has 0 aliphatic carbocycles. The van der Waals surface area contributed by atoms with E-state index in [0.29, 0.717) is 4.88 Å². The van der Waals surface area contributed by atoms with Gasteiger partial charge < -0.3 is 4.90 Å². The number of rotatable bonds is 7. The number of carbonyl (C=O) groups excluding carboxylic acids is 2. The molecule has 0 aliphatic heterocycles. The molecule has 0 saturated carbocycles. The molecule has 134 valence electrons. The number of hydrogen-bond donors (Lipinski definition) is 0. The lowest BCUT2D eigenvalue weighted by atomic mass is 10.1. The molecule has 26 heavy (non-hydrogen) atoms. The standard InChI is InChI=1S/C19H20N4O2S/c1-14(15-5-7-16(8-6-15)23-13-20-12-21-23)22(2)19(25)10-9-17(24)18-4-3-11-26-18/h3-8,11-14H,9-10H2,1-2H3/t14-/m1/s1. The van der Waals surface area contributed by atoms with E-state index in [1.54, 1.807) is 29.0 Å². The molecule has 0 unspecified atom stereocenters. The number of nitrogens with zero attached hydrogens (tertiary/aromatic N) is 4. The first kappa shape index (κ1) is 18.0. The molecule has 2 heterocycles. The molecule has 0 bridgehead atoms. The number of aromatic nitrogens is 3. The molecule has 1 amide bonds. The van der Waals surface area contributed by atoms with Gasteiger partial charge in [-0.2, -0.15) is 5.10 Å². The van der Waals surface area contributed by atoms with Gasteiger partial charge in [-0.1, -0.05) is 18.2 Å². The molecule has 3 aromatic rings. The predicted molar refractivity (Wildman–Crippen MR) is 100 cm³/mol. The first-order chi connectivity index (χ1) is 12.6. The second kappa shape index (κ2) is 8.05. The molecule has 1 aromatic carbocycles. The molecule has 0 saturated heterocycles. The second-order valence-electron chi connectivity index (χ2n) is 6.01. The Hall–Kier alpha value is -2.80. The molecule has 2 aromatic heterocycles. The normalized spacial score (nSPS) is 11.9. The Morgan fingerprint density at radius 2 is 1.96 bits per heavy atom. The van der Waals surface area contributed by atoms with Crippen molar-refractivity contribution in [3.05, 3.63) is 64.9 Å². The highest BCUT2D eigenvalue weighted by Crippen LogP contribution is 2.21. The van der Waals surface area contributed by atoms with Crippen molar-refractivity contribution in [2.24, 2.45) is 0 Å². The van der Waals surface area contributed by atoms with Crippen LogP contribution >= 0.6 is 11.3 Å². The van der Waals surface area contributed by atoms with Gasteiger partial charge in [-0.3, -0.25) is 9.59 Å². The van der Waals surface area contributed by atoms with Crippen molar-refractivity contribution in [2.75, 3.05) is 7.05 Å². The Labute approximate surface area is 156 Å². The summed E-state index contributed by atoms with van der Waals surface area (Å²) >= 11 is 1.41. The molecular weight excluding hydrogens is 348 g/mol. The van der Waals surface area contributed by atoms with Crippen molar-refractivity contribution < 1.29 is 9.59 Å². The lowest BCUT2D eigenvalue weighted by molar-refractivity contribution is -0.131. The fraction of sp³-hybridized carbons (Fsp3) is 0.263. The van der Waals surface area contributed by atoms with E-state index in [-0.39, 0.29) is 30.6 Å². The van der Waals surface area contributed by atoms with Crippen molar-refractivity contribution >= 4 is 23.0 Å². The average molecular weight is 368 g/mol. The maximum absolute atomic E-state index is 12.4. The van der Waals surface area contributed by atoms with Gasteiger partial charge in [0.2, 0.25) is 5.91 Å². The zero-order valence-corrected chi connectivity index (χ0v) is 15.5. The van der Waals surface area contributed by atoms with Crippen molar-refractivity contribution in [1.82, 2.24) is 19.7 Å². The Morgan fingerprint density at radius 1 is 1.19 bits per heavy atom. The minimum Gasteiger partial charge on any atom is -0.339 e. The molecule has 7 heteroatoms. The smallest absolute Gasteiger partial charge is 0.223 e. The van der Waals surface area contributed by atoms with E-state index in [2.05, 4.69) is 10.1 Å². The van der Waals surface area contributed by atoms with Crippen LogP contribution in [-0.2, 0) is 4.79 Å². The molecule has 6 nitrogen and oxygen atoms in total. The van der Waals surface area contributed by atoms with Crippen LogP contribution in [0.25, 0.3) is 5.69 Å². The topological polar surface area (TPSA) is 68.1 Å². The number of ketones is 1. The Kier molecular flexibility index (Phi) is 5.58. The van der Waals surface area contributed by atoms with Crippen LogP contribution in [0.3, 0.4) is 0 Å². The molecule has 0 fully saturated rings. The summed E-state index contributed by atoms with van der Waals surface area (Å²) in [6.07, 6.45) is 3.58. The van der Waals surface area contributed by atoms with Gasteiger partial charge in [0.15, 0.2) is 5.78 Å². The van der Waals surface area contributed by atoms with E-state index in [1.165, 1.54) is 17.7 Å². The summed E-state index contributed by atoms with van der Waals surface area (Å²) in [4.78, 5) is 30.8. The van der Waals surface area contributed by atoms with Gasteiger partial charge in [-0.25, -0.2) is 9.67 Å². The number of thiophene rings is 1. The first-order valence-electron chi connectivity index (χ1n) is 8.33. The van der Waals surface area contributed by atoms with Gasteiger partial charge in [0.05, 0.1) is 16.6 Å². The SMILES string of the molecule is C[C@H](c1ccc(-n2cncn2)cc1)N(C)C(=O)CCC(=O)c1cccs1. The van der Waals surface area contributed by atoms with Crippen LogP contribution in [0.5, 0.6) is 0 Å². The molecule has 0 radical (unpaired) electrons. The van der Waals surface area contributed by atoms with Crippen molar-refractivity contribution in [3.8, 4) is 5.69 Å². The number of Topliss-reactive ketones (excluding diaryl/α,β-unsaturated/α-hetero) is 1. The summed E-state index contributed by atoms with van der Waals surface area (Å²) in [6.45, 7) is 1.98. The lowest BCUT2D eigenvalue weighted by Crippen LogP contribution is -2.29. The third kappa shape index (κ3) is 4.05. The fourth-order valence-corrected chi connectivity index (χ4v) is 3.34. The zero-order chi connectivity index (χ0) is 18.5. The summed E-state index contributed by atoms with van der Waals surface area (Å²) in [7, 11) is 1.77. The monoisotopic (exact) mass is 368 g/mol. The van der Waals surface area contributed by atoms with Gasteiger partial charge in [-0.05, 0) is 36.1 Å². The predicted octanol–water partition coefficient (Wildman–Crippen LogP) is 3.51. The molecule has 0 aliphatic rings. The summed E-state index contributed by atoms with van der Waals surface area (Å²) in [6, 6.07) is 11.4. The molecule has 1 atom stereocenters. The highest BCUT2D eigenvalue weighted by atomic mass is 32.1. The van der Waals surface area contributed by atoms with E-state index in [9.17, 15) is 9.59 Å². The third-order valence-electron chi connectivity index (χ3n) is 4.40. The quantitative estimate of drug-likeness (QED) is 0.599. The van der Waals surface area contributed by atoms with Crippen molar-refractivity contribution in [1.29, 1.82) is 0 Å². The maximum atomic E-state index is 12.4. The maximum Gasteiger partial charge on any atom is 0.223 e. The largest absolute Gasteiger partial charge is 0.339 e. The fourth-order valence-electron chi connectivity index (χ4n) is 2.64. The van der Waals surface area contributed by atoms with Crippen LogP contribution in [0.4, 0.5) is 0 Å². The van der Waals surface area contributed by atoms with Crippen molar-refractivity contribution in [3.63, 3.8) is 0 Å². The first-order valence-corrected chi connectivity index (χ1v) is 9.21. The summed E-state index contributed by atoms with van der Waals surface area (Å²) < 4.78 is 1.68. The number of carbonyl (C=O) groups is 2. The summed E-state index contributed by atoms with van der Waals surface area (Å²) in [5, 5.41) is 5.96. The van der Waals surface area contributed by atoms with E-state index >= 15 is 0 Å².